The van der Waals surface area contributed by atoms with E-state index in [0.29, 0.717) is 34.2 Å². The Morgan fingerprint density at radius 1 is 1.02 bits per heavy atom. The predicted molar refractivity (Wildman–Crippen MR) is 160 cm³/mol. The molecular weight excluding hydrogens is 572 g/mol. The predicted octanol–water partition coefficient (Wildman–Crippen LogP) is 2.62. The maximum absolute atomic E-state index is 13.8. The lowest BCUT2D eigenvalue weighted by molar-refractivity contribution is -0.143. The van der Waals surface area contributed by atoms with Crippen molar-refractivity contribution in [2.24, 2.45) is 0 Å². The number of hydrogen-bond donors (Lipinski definition) is 1. The Kier molecular flexibility index (Phi) is 8.88. The van der Waals surface area contributed by atoms with Gasteiger partial charge in [0.1, 0.15) is 31.7 Å². The van der Waals surface area contributed by atoms with Gasteiger partial charge >= 0.3 is 0 Å². The molecule has 5 rings (SSSR count). The number of nitrogens with one attached hydrogen (secondary N) is 1. The minimum atomic E-state index is -0.984. The second kappa shape index (κ2) is 12.9. The molecule has 3 aromatic carbocycles. The van der Waals surface area contributed by atoms with Crippen LogP contribution in [0.1, 0.15) is 21.5 Å². The fraction of sp³-hybridized carbons (Fsp3) is 0.233. The van der Waals surface area contributed by atoms with E-state index in [4.69, 9.17) is 11.6 Å². The number of rotatable bonds is 10. The molecule has 1 unspecified atom stereocenters. The van der Waals surface area contributed by atoms with Gasteiger partial charge in [0.15, 0.2) is 0 Å². The maximum Gasteiger partial charge on any atom is 0.247 e. The zero-order chi connectivity index (χ0) is 30.5. The van der Waals surface area contributed by atoms with Gasteiger partial charge in [0.25, 0.3) is 0 Å². The Morgan fingerprint density at radius 2 is 1.81 bits per heavy atom. The summed E-state index contributed by atoms with van der Waals surface area (Å²) in [5.41, 5.74) is 3.41. The molecule has 0 radical (unpaired) electrons. The molecule has 0 aliphatic carbocycles. The number of piperazine rings is 1. The van der Waals surface area contributed by atoms with Gasteiger partial charge in [0.05, 0.1) is 11.4 Å². The van der Waals surface area contributed by atoms with E-state index in [-0.39, 0.29) is 19.5 Å². The summed E-state index contributed by atoms with van der Waals surface area (Å²) in [5.74, 6) is -1.26. The van der Waals surface area contributed by atoms with E-state index in [1.807, 2.05) is 49.3 Å². The van der Waals surface area contributed by atoms with E-state index in [0.717, 1.165) is 17.4 Å². The van der Waals surface area contributed by atoms with Crippen molar-refractivity contribution in [3.8, 4) is 5.69 Å². The van der Waals surface area contributed by atoms with Crippen LogP contribution in [0.3, 0.4) is 0 Å². The second-order valence-electron chi connectivity index (χ2n) is 10.4. The molecule has 1 fully saturated rings. The SMILES string of the molecule is CN(C)Cc1cc(NC(=O)C(Cc2ccccc2)N2CC(=O)N(c3cc(Cl)ccc3-n3cnnn3)CC2=O)ccc1C=O. The topological polar surface area (TPSA) is 134 Å². The minimum Gasteiger partial charge on any atom is -0.324 e. The summed E-state index contributed by atoms with van der Waals surface area (Å²) in [4.78, 5) is 57.2. The van der Waals surface area contributed by atoms with Crippen LogP contribution in [0, 0.1) is 0 Å². The number of halogens is 1. The van der Waals surface area contributed by atoms with Crippen LogP contribution in [-0.2, 0) is 27.3 Å². The molecule has 1 aliphatic heterocycles. The summed E-state index contributed by atoms with van der Waals surface area (Å²) in [6, 6.07) is 18.2. The van der Waals surface area contributed by atoms with E-state index in [2.05, 4.69) is 20.8 Å². The van der Waals surface area contributed by atoms with Crippen LogP contribution >= 0.6 is 11.6 Å². The molecule has 1 aromatic heterocycles. The molecule has 0 saturated carbocycles. The molecule has 220 valence electrons. The first kappa shape index (κ1) is 29.5. The Labute approximate surface area is 252 Å². The second-order valence-corrected chi connectivity index (χ2v) is 10.8. The van der Waals surface area contributed by atoms with Crippen LogP contribution in [0.4, 0.5) is 11.4 Å². The van der Waals surface area contributed by atoms with Gasteiger partial charge in [0, 0.05) is 29.2 Å². The number of carbonyl (C=O) groups is 4. The standard InChI is InChI=1S/C30H29ClN8O4/c1-36(2)15-22-13-24(10-8-21(22)18-40)33-30(43)27(12-20-6-4-3-5-7-20)38-17-28(41)37(16-29(38)42)26-14-23(31)9-11-25(26)39-19-32-34-35-39/h3-11,13-14,18-19,27H,12,15-17H2,1-2H3,(H,33,43). The molecule has 1 aliphatic rings. The summed E-state index contributed by atoms with van der Waals surface area (Å²) >= 11 is 6.26. The lowest BCUT2D eigenvalue weighted by Crippen LogP contribution is -2.60. The number of aromatic nitrogens is 4. The van der Waals surface area contributed by atoms with Crippen LogP contribution in [0.25, 0.3) is 5.69 Å². The first-order chi connectivity index (χ1) is 20.7. The van der Waals surface area contributed by atoms with Crippen molar-refractivity contribution < 1.29 is 19.2 Å². The van der Waals surface area contributed by atoms with Crippen molar-refractivity contribution in [1.82, 2.24) is 30.0 Å². The van der Waals surface area contributed by atoms with Crippen LogP contribution in [0.2, 0.25) is 5.02 Å². The zero-order valence-corrected chi connectivity index (χ0v) is 24.3. The highest BCUT2D eigenvalue weighted by Crippen LogP contribution is 2.30. The Balaban J connectivity index is 1.43. The maximum atomic E-state index is 13.8. The van der Waals surface area contributed by atoms with Gasteiger partial charge in [-0.25, -0.2) is 0 Å². The van der Waals surface area contributed by atoms with E-state index in [9.17, 15) is 19.2 Å². The molecule has 1 saturated heterocycles. The van der Waals surface area contributed by atoms with Gasteiger partial charge in [-0.1, -0.05) is 41.9 Å². The van der Waals surface area contributed by atoms with Crippen molar-refractivity contribution in [2.45, 2.75) is 19.0 Å². The van der Waals surface area contributed by atoms with Gasteiger partial charge in [-0.15, -0.1) is 5.10 Å². The zero-order valence-electron chi connectivity index (χ0n) is 23.6. The number of hydrogen-bond acceptors (Lipinski definition) is 8. The third kappa shape index (κ3) is 6.76. The van der Waals surface area contributed by atoms with Crippen molar-refractivity contribution in [1.29, 1.82) is 0 Å². The molecule has 12 nitrogen and oxygen atoms in total. The number of nitrogens with zero attached hydrogens (tertiary/aromatic N) is 7. The average molecular weight is 601 g/mol. The van der Waals surface area contributed by atoms with Crippen molar-refractivity contribution in [3.05, 3.63) is 94.8 Å². The van der Waals surface area contributed by atoms with Gasteiger partial charge < -0.3 is 15.1 Å². The average Bonchev–Trinajstić information content (AvgIpc) is 3.52. The summed E-state index contributed by atoms with van der Waals surface area (Å²) in [5, 5.41) is 14.5. The molecule has 4 aromatic rings. The first-order valence-corrected chi connectivity index (χ1v) is 13.8. The van der Waals surface area contributed by atoms with E-state index in [1.165, 1.54) is 20.8 Å². The molecule has 1 N–H and O–H groups in total. The quantitative estimate of drug-likeness (QED) is 0.275. The largest absolute Gasteiger partial charge is 0.324 e. The molecule has 1 atom stereocenters. The van der Waals surface area contributed by atoms with Crippen molar-refractivity contribution in [2.75, 3.05) is 37.4 Å². The summed E-state index contributed by atoms with van der Waals surface area (Å²) in [7, 11) is 3.76. The van der Waals surface area contributed by atoms with Gasteiger partial charge in [-0.3, -0.25) is 24.1 Å². The van der Waals surface area contributed by atoms with Crippen molar-refractivity contribution in [3.63, 3.8) is 0 Å². The van der Waals surface area contributed by atoms with Gasteiger partial charge in [-0.2, -0.15) is 4.68 Å². The summed E-state index contributed by atoms with van der Waals surface area (Å²) in [6.45, 7) is -0.147. The van der Waals surface area contributed by atoms with Crippen LogP contribution in [0.5, 0.6) is 0 Å². The number of tetrazole rings is 1. The first-order valence-electron chi connectivity index (χ1n) is 13.4. The van der Waals surface area contributed by atoms with Gasteiger partial charge in [0.2, 0.25) is 17.7 Å². The summed E-state index contributed by atoms with van der Waals surface area (Å²) in [6.07, 6.45) is 2.34. The van der Waals surface area contributed by atoms with Crippen LogP contribution in [0.15, 0.2) is 73.1 Å². The fourth-order valence-corrected chi connectivity index (χ4v) is 5.17. The number of amides is 3. The smallest absolute Gasteiger partial charge is 0.247 e. The number of aldehydes is 1. The fourth-order valence-electron chi connectivity index (χ4n) is 5.00. The Hall–Kier alpha value is -4.94. The van der Waals surface area contributed by atoms with Crippen molar-refractivity contribution >= 4 is 47.0 Å². The highest BCUT2D eigenvalue weighted by molar-refractivity contribution is 6.31. The number of anilines is 2. The Morgan fingerprint density at radius 3 is 2.51 bits per heavy atom. The molecule has 3 amide bonds. The third-order valence-electron chi connectivity index (χ3n) is 7.02. The van der Waals surface area contributed by atoms with E-state index in [1.54, 1.807) is 36.4 Å². The monoisotopic (exact) mass is 600 g/mol. The molecule has 0 bridgehead atoms. The molecule has 0 spiro atoms. The number of carbonyl (C=O) groups excluding carboxylic acids is 4. The van der Waals surface area contributed by atoms with Gasteiger partial charge in [-0.05, 0) is 72.0 Å². The highest BCUT2D eigenvalue weighted by Gasteiger charge is 2.39. The molecule has 13 heteroatoms. The van der Waals surface area contributed by atoms with Crippen LogP contribution < -0.4 is 10.2 Å². The summed E-state index contributed by atoms with van der Waals surface area (Å²) < 4.78 is 1.38. The third-order valence-corrected chi connectivity index (χ3v) is 7.25. The number of benzene rings is 3. The Bertz CT molecular complexity index is 1650. The lowest BCUT2D eigenvalue weighted by atomic mass is 10.0. The van der Waals surface area contributed by atoms with E-state index < -0.39 is 23.8 Å². The highest BCUT2D eigenvalue weighted by atomic mass is 35.5. The molecule has 2 heterocycles. The van der Waals surface area contributed by atoms with E-state index >= 15 is 0 Å². The lowest BCUT2D eigenvalue weighted by Gasteiger charge is -2.38. The minimum absolute atomic E-state index is 0.190. The normalized spacial score (nSPS) is 14.2. The van der Waals surface area contributed by atoms with Crippen LogP contribution in [-0.4, -0.2) is 87.2 Å². The molecular formula is C30H29ClN8O4. The molecule has 43 heavy (non-hydrogen) atoms.